The van der Waals surface area contributed by atoms with Crippen molar-refractivity contribution in [1.82, 2.24) is 0 Å². The highest BCUT2D eigenvalue weighted by atomic mass is 16.5. The highest BCUT2D eigenvalue weighted by molar-refractivity contribution is 5.39. The van der Waals surface area contributed by atoms with Gasteiger partial charge in [-0.2, -0.15) is 0 Å². The Labute approximate surface area is 97.7 Å². The number of rotatable bonds is 4. The highest BCUT2D eigenvalue weighted by Crippen LogP contribution is 2.60. The van der Waals surface area contributed by atoms with Gasteiger partial charge in [0.1, 0.15) is 5.60 Å². The summed E-state index contributed by atoms with van der Waals surface area (Å²) >= 11 is 0. The monoisotopic (exact) mass is 222 g/mol. The third-order valence-electron chi connectivity index (χ3n) is 5.43. The first-order chi connectivity index (χ1) is 7.78. The molecule has 4 rings (SSSR count). The van der Waals surface area contributed by atoms with Crippen LogP contribution in [0.3, 0.4) is 0 Å². The van der Waals surface area contributed by atoms with Gasteiger partial charge in [0.25, 0.3) is 6.47 Å². The fraction of sp³-hybridized carbons (Fsp3) is 0.929. The summed E-state index contributed by atoms with van der Waals surface area (Å²) in [5.74, 6) is 3.24. The molecule has 0 heterocycles. The molecule has 0 amide bonds. The SMILES string of the molecule is CCCC1(OC=O)C2CC3CC(C2)CC1C3. The molecule has 0 unspecified atom stereocenters. The Kier molecular flexibility index (Phi) is 2.49. The van der Waals surface area contributed by atoms with Gasteiger partial charge in [-0.1, -0.05) is 13.3 Å². The molecular weight excluding hydrogens is 200 g/mol. The lowest BCUT2D eigenvalue weighted by Crippen LogP contribution is -2.58. The molecule has 0 aromatic heterocycles. The van der Waals surface area contributed by atoms with Gasteiger partial charge in [-0.3, -0.25) is 4.79 Å². The molecule has 0 radical (unpaired) electrons. The van der Waals surface area contributed by atoms with E-state index in [0.717, 1.165) is 31.1 Å². The zero-order valence-electron chi connectivity index (χ0n) is 10.2. The fourth-order valence-corrected chi connectivity index (χ4v) is 5.12. The van der Waals surface area contributed by atoms with Crippen LogP contribution >= 0.6 is 0 Å². The van der Waals surface area contributed by atoms with Crippen molar-refractivity contribution in [3.8, 4) is 0 Å². The molecule has 0 aromatic rings. The van der Waals surface area contributed by atoms with E-state index in [4.69, 9.17) is 4.74 Å². The Hall–Kier alpha value is -0.530. The predicted octanol–water partition coefficient (Wildman–Crippen LogP) is 3.15. The van der Waals surface area contributed by atoms with Crippen LogP contribution in [-0.2, 0) is 9.53 Å². The lowest BCUT2D eigenvalue weighted by Gasteiger charge is -2.60. The zero-order valence-corrected chi connectivity index (χ0v) is 10.2. The van der Waals surface area contributed by atoms with Gasteiger partial charge < -0.3 is 4.74 Å². The van der Waals surface area contributed by atoms with Crippen LogP contribution in [0.1, 0.15) is 51.9 Å². The minimum Gasteiger partial charge on any atom is -0.461 e. The molecule has 0 saturated heterocycles. The summed E-state index contributed by atoms with van der Waals surface area (Å²) in [5.41, 5.74) is -0.0656. The topological polar surface area (TPSA) is 26.3 Å². The molecule has 0 atom stereocenters. The average molecular weight is 222 g/mol. The summed E-state index contributed by atoms with van der Waals surface area (Å²) in [6, 6.07) is 0. The summed E-state index contributed by atoms with van der Waals surface area (Å²) in [5, 5.41) is 0. The van der Waals surface area contributed by atoms with Crippen LogP contribution in [0.25, 0.3) is 0 Å². The van der Waals surface area contributed by atoms with Crippen LogP contribution in [0.2, 0.25) is 0 Å². The summed E-state index contributed by atoms with van der Waals surface area (Å²) in [7, 11) is 0. The van der Waals surface area contributed by atoms with E-state index in [9.17, 15) is 4.79 Å². The van der Waals surface area contributed by atoms with Crippen LogP contribution in [0.4, 0.5) is 0 Å². The lowest BCUT2D eigenvalue weighted by molar-refractivity contribution is -0.200. The van der Waals surface area contributed by atoms with Crippen LogP contribution in [0.15, 0.2) is 0 Å². The van der Waals surface area contributed by atoms with Crippen LogP contribution in [0.5, 0.6) is 0 Å². The summed E-state index contributed by atoms with van der Waals surface area (Å²) in [6.07, 6.45) is 8.95. The maximum atomic E-state index is 10.9. The third kappa shape index (κ3) is 1.34. The van der Waals surface area contributed by atoms with E-state index in [1.807, 2.05) is 0 Å². The standard InChI is InChI=1S/C14H22O2/c1-2-3-14(16-9-15)12-5-10-4-11(7-12)8-13(14)6-10/h9-13H,2-8H2,1H3. The van der Waals surface area contributed by atoms with E-state index in [1.165, 1.54) is 32.1 Å². The minimum atomic E-state index is -0.0656. The maximum Gasteiger partial charge on any atom is 0.293 e. The van der Waals surface area contributed by atoms with Crippen molar-refractivity contribution >= 4 is 6.47 Å². The molecule has 90 valence electrons. The highest BCUT2D eigenvalue weighted by Gasteiger charge is 2.58. The number of hydrogen-bond donors (Lipinski definition) is 0. The molecule has 4 bridgehead atoms. The van der Waals surface area contributed by atoms with Crippen LogP contribution in [0, 0.1) is 23.7 Å². The Morgan fingerprint density at radius 2 is 1.69 bits per heavy atom. The fourth-order valence-electron chi connectivity index (χ4n) is 5.12. The molecule has 0 aromatic carbocycles. The lowest BCUT2D eigenvalue weighted by atomic mass is 9.49. The van der Waals surface area contributed by atoms with Crippen molar-refractivity contribution in [3.05, 3.63) is 0 Å². The largest absolute Gasteiger partial charge is 0.461 e. The summed E-state index contributed by atoms with van der Waals surface area (Å²) in [4.78, 5) is 10.9. The molecule has 0 aliphatic heterocycles. The van der Waals surface area contributed by atoms with Gasteiger partial charge in [-0.15, -0.1) is 0 Å². The number of ether oxygens (including phenoxy) is 1. The van der Waals surface area contributed by atoms with Gasteiger partial charge in [0, 0.05) is 0 Å². The van der Waals surface area contributed by atoms with Crippen LogP contribution in [-0.4, -0.2) is 12.1 Å². The normalized spacial score (nSPS) is 49.3. The molecule has 4 aliphatic rings. The van der Waals surface area contributed by atoms with Crippen molar-refractivity contribution in [1.29, 1.82) is 0 Å². The van der Waals surface area contributed by atoms with Crippen LogP contribution < -0.4 is 0 Å². The molecule has 0 spiro atoms. The Bertz CT molecular complexity index is 256. The molecule has 16 heavy (non-hydrogen) atoms. The van der Waals surface area contributed by atoms with Gasteiger partial charge in [0.2, 0.25) is 0 Å². The second kappa shape index (κ2) is 3.75. The van der Waals surface area contributed by atoms with Crippen molar-refractivity contribution in [2.45, 2.75) is 57.5 Å². The van der Waals surface area contributed by atoms with Crippen molar-refractivity contribution in [3.63, 3.8) is 0 Å². The number of carbonyl (C=O) groups excluding carboxylic acids is 1. The van der Waals surface area contributed by atoms with Gasteiger partial charge in [-0.25, -0.2) is 0 Å². The van der Waals surface area contributed by atoms with E-state index in [-0.39, 0.29) is 5.60 Å². The summed E-state index contributed by atoms with van der Waals surface area (Å²) < 4.78 is 5.67. The predicted molar refractivity (Wildman–Crippen MR) is 61.8 cm³/mol. The van der Waals surface area contributed by atoms with E-state index >= 15 is 0 Å². The van der Waals surface area contributed by atoms with E-state index in [2.05, 4.69) is 6.92 Å². The first kappa shape index (κ1) is 10.6. The molecule has 2 heteroatoms. The van der Waals surface area contributed by atoms with Crippen molar-refractivity contribution in [2.75, 3.05) is 0 Å². The maximum absolute atomic E-state index is 10.9. The quantitative estimate of drug-likeness (QED) is 0.683. The molecular formula is C14H22O2. The minimum absolute atomic E-state index is 0.0656. The van der Waals surface area contributed by atoms with Gasteiger partial charge in [0.15, 0.2) is 0 Å². The van der Waals surface area contributed by atoms with E-state index < -0.39 is 0 Å². The molecule has 0 N–H and O–H groups in total. The number of hydrogen-bond acceptors (Lipinski definition) is 2. The first-order valence-corrected chi connectivity index (χ1v) is 6.90. The van der Waals surface area contributed by atoms with Crippen molar-refractivity contribution < 1.29 is 9.53 Å². The van der Waals surface area contributed by atoms with Gasteiger partial charge >= 0.3 is 0 Å². The molecule has 4 fully saturated rings. The summed E-state index contributed by atoms with van der Waals surface area (Å²) in [6.45, 7) is 2.93. The van der Waals surface area contributed by atoms with Crippen molar-refractivity contribution in [2.24, 2.45) is 23.7 Å². The number of carbonyl (C=O) groups is 1. The second-order valence-electron chi connectivity index (χ2n) is 6.22. The van der Waals surface area contributed by atoms with Gasteiger partial charge in [-0.05, 0) is 62.2 Å². The Morgan fingerprint density at radius 1 is 1.12 bits per heavy atom. The van der Waals surface area contributed by atoms with Gasteiger partial charge in [0.05, 0.1) is 0 Å². The second-order valence-corrected chi connectivity index (χ2v) is 6.22. The third-order valence-corrected chi connectivity index (χ3v) is 5.43. The zero-order chi connectivity index (χ0) is 11.2. The molecule has 2 nitrogen and oxygen atoms in total. The molecule has 4 aliphatic carbocycles. The molecule has 4 saturated carbocycles. The Balaban J connectivity index is 1.89. The smallest absolute Gasteiger partial charge is 0.293 e. The first-order valence-electron chi connectivity index (χ1n) is 6.90. The Morgan fingerprint density at radius 3 is 2.12 bits per heavy atom. The van der Waals surface area contributed by atoms with E-state index in [0.29, 0.717) is 11.8 Å². The average Bonchev–Trinajstić information content (AvgIpc) is 2.25. The van der Waals surface area contributed by atoms with E-state index in [1.54, 1.807) is 0 Å².